The van der Waals surface area contributed by atoms with E-state index in [2.05, 4.69) is 27.8 Å². The molecule has 2 N–H and O–H groups in total. The molecule has 0 bridgehead atoms. The predicted octanol–water partition coefficient (Wildman–Crippen LogP) is 4.05. The summed E-state index contributed by atoms with van der Waals surface area (Å²) in [4.78, 5) is 17.0. The molecule has 1 aromatic carbocycles. The number of hydrogen-bond acceptors (Lipinski definition) is 4. The number of benzene rings is 1. The van der Waals surface area contributed by atoms with E-state index in [1.165, 1.54) is 16.9 Å². The van der Waals surface area contributed by atoms with Crippen LogP contribution in [0.1, 0.15) is 15.2 Å². The molecule has 116 valence electrons. The number of amides is 1. The fourth-order valence-electron chi connectivity index (χ4n) is 2.15. The van der Waals surface area contributed by atoms with Crippen LogP contribution in [0.5, 0.6) is 0 Å². The van der Waals surface area contributed by atoms with Crippen molar-refractivity contribution in [1.29, 1.82) is 0 Å². The van der Waals surface area contributed by atoms with Gasteiger partial charge in [-0.2, -0.15) is 0 Å². The number of thiophene rings is 1. The third kappa shape index (κ3) is 4.40. The number of nitrogens with one attached hydrogen (secondary N) is 2. The van der Waals surface area contributed by atoms with Crippen LogP contribution in [-0.4, -0.2) is 17.4 Å². The van der Waals surface area contributed by atoms with Crippen LogP contribution in [0.2, 0.25) is 0 Å². The minimum atomic E-state index is -0.105. The van der Waals surface area contributed by atoms with Gasteiger partial charge in [0.15, 0.2) is 0 Å². The zero-order valence-corrected chi connectivity index (χ0v) is 13.3. The van der Waals surface area contributed by atoms with E-state index >= 15 is 0 Å². The number of pyridine rings is 1. The molecular formula is C18H17N3OS. The summed E-state index contributed by atoms with van der Waals surface area (Å²) >= 11 is 1.42. The molecule has 0 aliphatic carbocycles. The smallest absolute Gasteiger partial charge is 0.265 e. The zero-order chi connectivity index (χ0) is 15.9. The van der Waals surface area contributed by atoms with E-state index in [9.17, 15) is 4.79 Å². The van der Waals surface area contributed by atoms with Crippen LogP contribution >= 0.6 is 11.3 Å². The fraction of sp³-hybridized carbons (Fsp3) is 0.111. The lowest BCUT2D eigenvalue weighted by atomic mass is 10.1. The first-order valence-corrected chi connectivity index (χ1v) is 8.28. The van der Waals surface area contributed by atoms with E-state index in [0.717, 1.165) is 18.8 Å². The molecular weight excluding hydrogens is 306 g/mol. The molecule has 0 saturated carbocycles. The van der Waals surface area contributed by atoms with Crippen LogP contribution in [0.4, 0.5) is 11.5 Å². The summed E-state index contributed by atoms with van der Waals surface area (Å²) in [5, 5.41) is 8.00. The van der Waals surface area contributed by atoms with Crippen molar-refractivity contribution >= 4 is 28.7 Å². The lowest BCUT2D eigenvalue weighted by Crippen LogP contribution is -2.11. The number of rotatable bonds is 6. The van der Waals surface area contributed by atoms with Gasteiger partial charge in [0.05, 0.1) is 16.8 Å². The number of nitrogens with zero attached hydrogens (tertiary/aromatic N) is 1. The Bertz CT molecular complexity index is 740. The number of anilines is 2. The molecule has 2 aromatic heterocycles. The van der Waals surface area contributed by atoms with Gasteiger partial charge in [-0.3, -0.25) is 4.79 Å². The Hall–Kier alpha value is -2.66. The van der Waals surface area contributed by atoms with Crippen molar-refractivity contribution in [3.8, 4) is 0 Å². The molecule has 3 aromatic rings. The largest absolute Gasteiger partial charge is 0.370 e. The van der Waals surface area contributed by atoms with Crippen molar-refractivity contribution in [1.82, 2.24) is 4.98 Å². The molecule has 2 heterocycles. The highest BCUT2D eigenvalue weighted by atomic mass is 32.1. The summed E-state index contributed by atoms with van der Waals surface area (Å²) in [6, 6.07) is 17.7. The average Bonchev–Trinajstić information content (AvgIpc) is 3.12. The molecule has 0 atom stereocenters. The van der Waals surface area contributed by atoms with Gasteiger partial charge < -0.3 is 10.6 Å². The molecule has 0 saturated heterocycles. The number of aromatic nitrogens is 1. The van der Waals surface area contributed by atoms with Crippen molar-refractivity contribution in [2.75, 3.05) is 17.2 Å². The van der Waals surface area contributed by atoms with Gasteiger partial charge >= 0.3 is 0 Å². The van der Waals surface area contributed by atoms with E-state index in [0.29, 0.717) is 10.6 Å². The lowest BCUT2D eigenvalue weighted by Gasteiger charge is -2.07. The Morgan fingerprint density at radius 1 is 1.04 bits per heavy atom. The Morgan fingerprint density at radius 3 is 2.61 bits per heavy atom. The second-order valence-electron chi connectivity index (χ2n) is 5.03. The number of carbonyl (C=O) groups excluding carboxylic acids is 1. The first-order chi connectivity index (χ1) is 11.3. The van der Waals surface area contributed by atoms with Gasteiger partial charge in [-0.15, -0.1) is 11.3 Å². The van der Waals surface area contributed by atoms with Gasteiger partial charge in [0.2, 0.25) is 0 Å². The van der Waals surface area contributed by atoms with Crippen LogP contribution in [0, 0.1) is 0 Å². The van der Waals surface area contributed by atoms with Crippen LogP contribution < -0.4 is 10.6 Å². The van der Waals surface area contributed by atoms with Gasteiger partial charge in [-0.05, 0) is 35.6 Å². The molecule has 0 fully saturated rings. The third-order valence-electron chi connectivity index (χ3n) is 3.33. The van der Waals surface area contributed by atoms with Crippen molar-refractivity contribution in [2.45, 2.75) is 6.42 Å². The summed E-state index contributed by atoms with van der Waals surface area (Å²) in [6.45, 7) is 0.817. The van der Waals surface area contributed by atoms with Crippen molar-refractivity contribution in [3.05, 3.63) is 76.6 Å². The maximum atomic E-state index is 11.9. The highest BCUT2D eigenvalue weighted by Gasteiger charge is 2.06. The molecule has 4 nitrogen and oxygen atoms in total. The molecule has 5 heteroatoms. The summed E-state index contributed by atoms with van der Waals surface area (Å²) in [5.74, 6) is 0.696. The van der Waals surface area contributed by atoms with Crippen molar-refractivity contribution < 1.29 is 4.79 Å². The van der Waals surface area contributed by atoms with Gasteiger partial charge in [0, 0.05) is 6.54 Å². The van der Waals surface area contributed by atoms with Crippen molar-refractivity contribution in [2.24, 2.45) is 0 Å². The normalized spacial score (nSPS) is 10.3. The maximum absolute atomic E-state index is 11.9. The summed E-state index contributed by atoms with van der Waals surface area (Å²) < 4.78 is 0. The van der Waals surface area contributed by atoms with Gasteiger partial charge in [0.25, 0.3) is 5.91 Å². The quantitative estimate of drug-likeness (QED) is 0.719. The highest BCUT2D eigenvalue weighted by molar-refractivity contribution is 7.12. The molecule has 0 radical (unpaired) electrons. The van der Waals surface area contributed by atoms with E-state index in [-0.39, 0.29) is 5.91 Å². The van der Waals surface area contributed by atoms with E-state index < -0.39 is 0 Å². The van der Waals surface area contributed by atoms with Gasteiger partial charge in [0.1, 0.15) is 5.82 Å². The first kappa shape index (κ1) is 15.2. The second kappa shape index (κ2) is 7.56. The molecule has 3 rings (SSSR count). The zero-order valence-electron chi connectivity index (χ0n) is 12.5. The third-order valence-corrected chi connectivity index (χ3v) is 4.20. The average molecular weight is 323 g/mol. The Balaban J connectivity index is 1.50. The van der Waals surface area contributed by atoms with Gasteiger partial charge in [-0.1, -0.05) is 36.4 Å². The van der Waals surface area contributed by atoms with Crippen LogP contribution in [-0.2, 0) is 6.42 Å². The van der Waals surface area contributed by atoms with Crippen LogP contribution in [0.25, 0.3) is 0 Å². The lowest BCUT2D eigenvalue weighted by molar-refractivity contribution is 0.103. The molecule has 0 aliphatic rings. The first-order valence-electron chi connectivity index (χ1n) is 7.40. The van der Waals surface area contributed by atoms with E-state index in [1.807, 2.05) is 41.8 Å². The summed E-state index contributed by atoms with van der Waals surface area (Å²) in [5.41, 5.74) is 1.98. The predicted molar refractivity (Wildman–Crippen MR) is 95.1 cm³/mol. The molecule has 0 unspecified atom stereocenters. The van der Waals surface area contributed by atoms with E-state index in [1.54, 1.807) is 12.3 Å². The molecule has 0 aliphatic heterocycles. The monoisotopic (exact) mass is 323 g/mol. The number of carbonyl (C=O) groups is 1. The molecule has 0 spiro atoms. The second-order valence-corrected chi connectivity index (χ2v) is 5.97. The standard InChI is InChI=1S/C18H17N3OS/c22-18(16-7-4-12-23-16)21-15-8-9-17(20-13-15)19-11-10-14-5-2-1-3-6-14/h1-9,12-13H,10-11H2,(H,19,20)(H,21,22). The maximum Gasteiger partial charge on any atom is 0.265 e. The van der Waals surface area contributed by atoms with Crippen LogP contribution in [0.15, 0.2) is 66.2 Å². The Kier molecular flexibility index (Phi) is 5.01. The van der Waals surface area contributed by atoms with Gasteiger partial charge in [-0.25, -0.2) is 4.98 Å². The van der Waals surface area contributed by atoms with E-state index in [4.69, 9.17) is 0 Å². The van der Waals surface area contributed by atoms with Crippen molar-refractivity contribution in [3.63, 3.8) is 0 Å². The fourth-order valence-corrected chi connectivity index (χ4v) is 2.77. The minimum absolute atomic E-state index is 0.105. The summed E-state index contributed by atoms with van der Waals surface area (Å²) in [7, 11) is 0. The SMILES string of the molecule is O=C(Nc1ccc(NCCc2ccccc2)nc1)c1cccs1. The topological polar surface area (TPSA) is 54.0 Å². The summed E-state index contributed by atoms with van der Waals surface area (Å²) in [6.07, 6.45) is 2.61. The molecule has 1 amide bonds. The minimum Gasteiger partial charge on any atom is -0.370 e. The Labute approximate surface area is 139 Å². The Morgan fingerprint density at radius 2 is 1.91 bits per heavy atom. The number of hydrogen-bond donors (Lipinski definition) is 2. The highest BCUT2D eigenvalue weighted by Crippen LogP contribution is 2.14. The molecule has 23 heavy (non-hydrogen) atoms. The van der Waals surface area contributed by atoms with Crippen LogP contribution in [0.3, 0.4) is 0 Å².